The van der Waals surface area contributed by atoms with E-state index in [1.807, 2.05) is 0 Å². The van der Waals surface area contributed by atoms with Crippen molar-refractivity contribution in [3.8, 4) is 0 Å². The highest BCUT2D eigenvalue weighted by atomic mass is 32.1. The van der Waals surface area contributed by atoms with Gasteiger partial charge in [-0.3, -0.25) is 4.90 Å². The summed E-state index contributed by atoms with van der Waals surface area (Å²) in [7, 11) is 0. The normalized spacial score (nSPS) is 27.8. The molecule has 0 aromatic carbocycles. The SMILES string of the molecule is CC(C)CN1CCC2(CC1)CCN(C(C)S)CC2. The predicted octanol–water partition coefficient (Wildman–Crippen LogP) is 3.10. The van der Waals surface area contributed by atoms with Gasteiger partial charge in [-0.05, 0) is 70.1 Å². The molecule has 2 heterocycles. The van der Waals surface area contributed by atoms with E-state index < -0.39 is 0 Å². The van der Waals surface area contributed by atoms with Gasteiger partial charge in [-0.25, -0.2) is 0 Å². The van der Waals surface area contributed by atoms with E-state index in [1.165, 1.54) is 58.4 Å². The molecule has 1 unspecified atom stereocenters. The summed E-state index contributed by atoms with van der Waals surface area (Å²) in [5.74, 6) is 0.811. The highest BCUT2D eigenvalue weighted by Gasteiger charge is 2.37. The van der Waals surface area contributed by atoms with Crippen molar-refractivity contribution in [3.05, 3.63) is 0 Å². The van der Waals surface area contributed by atoms with Crippen molar-refractivity contribution >= 4 is 12.6 Å². The molecule has 2 nitrogen and oxygen atoms in total. The summed E-state index contributed by atoms with van der Waals surface area (Å²) in [6.07, 6.45) is 5.64. The Morgan fingerprint density at radius 2 is 1.44 bits per heavy atom. The fourth-order valence-electron chi connectivity index (χ4n) is 3.60. The number of hydrogen-bond acceptors (Lipinski definition) is 3. The molecule has 0 aromatic heterocycles. The number of likely N-dealkylation sites (tertiary alicyclic amines) is 2. The Balaban J connectivity index is 1.79. The minimum Gasteiger partial charge on any atom is -0.303 e. The van der Waals surface area contributed by atoms with Gasteiger partial charge in [0.25, 0.3) is 0 Å². The van der Waals surface area contributed by atoms with Crippen molar-refractivity contribution in [2.75, 3.05) is 32.7 Å². The molecule has 2 aliphatic heterocycles. The lowest BCUT2D eigenvalue weighted by Gasteiger charge is -2.47. The fourth-order valence-corrected chi connectivity index (χ4v) is 3.83. The summed E-state index contributed by atoms with van der Waals surface area (Å²) in [6, 6.07) is 0. The Morgan fingerprint density at radius 3 is 1.89 bits per heavy atom. The third kappa shape index (κ3) is 3.64. The molecule has 2 fully saturated rings. The number of thiol groups is 1. The van der Waals surface area contributed by atoms with Gasteiger partial charge < -0.3 is 4.90 Å². The summed E-state index contributed by atoms with van der Waals surface area (Å²) in [5.41, 5.74) is 0.673. The molecule has 0 N–H and O–H groups in total. The van der Waals surface area contributed by atoms with Crippen LogP contribution in [0.3, 0.4) is 0 Å². The molecule has 0 aromatic rings. The number of piperidine rings is 2. The molecule has 2 rings (SSSR count). The number of rotatable bonds is 3. The summed E-state index contributed by atoms with van der Waals surface area (Å²) in [4.78, 5) is 5.19. The molecule has 0 aliphatic carbocycles. The van der Waals surface area contributed by atoms with Gasteiger partial charge in [-0.15, -0.1) is 0 Å². The van der Waals surface area contributed by atoms with Gasteiger partial charge >= 0.3 is 0 Å². The Labute approximate surface area is 119 Å². The van der Waals surface area contributed by atoms with Crippen molar-refractivity contribution < 1.29 is 0 Å². The van der Waals surface area contributed by atoms with Crippen LogP contribution in [-0.4, -0.2) is 47.9 Å². The second kappa shape index (κ2) is 6.15. The van der Waals surface area contributed by atoms with Crippen LogP contribution in [-0.2, 0) is 0 Å². The molecule has 3 heteroatoms. The van der Waals surface area contributed by atoms with Crippen LogP contribution in [0.5, 0.6) is 0 Å². The molecule has 1 spiro atoms. The van der Waals surface area contributed by atoms with E-state index in [4.69, 9.17) is 0 Å². The van der Waals surface area contributed by atoms with E-state index in [0.717, 1.165) is 5.92 Å². The van der Waals surface area contributed by atoms with E-state index in [2.05, 4.69) is 43.2 Å². The molecule has 1 atom stereocenters. The predicted molar refractivity (Wildman–Crippen MR) is 82.2 cm³/mol. The molecule has 0 saturated carbocycles. The molecular formula is C15H30N2S. The molecule has 2 saturated heterocycles. The van der Waals surface area contributed by atoms with Crippen molar-refractivity contribution in [1.29, 1.82) is 0 Å². The first-order valence-corrected chi connectivity index (χ1v) is 8.17. The molecule has 0 bridgehead atoms. The average Bonchev–Trinajstić information content (AvgIpc) is 2.32. The third-order valence-electron chi connectivity index (χ3n) is 4.93. The van der Waals surface area contributed by atoms with E-state index in [0.29, 0.717) is 10.8 Å². The van der Waals surface area contributed by atoms with Crippen LogP contribution in [0.2, 0.25) is 0 Å². The van der Waals surface area contributed by atoms with Crippen molar-refractivity contribution in [2.45, 2.75) is 51.8 Å². The monoisotopic (exact) mass is 270 g/mol. The lowest BCUT2D eigenvalue weighted by molar-refractivity contribution is 0.0300. The highest BCUT2D eigenvalue weighted by Crippen LogP contribution is 2.41. The topological polar surface area (TPSA) is 6.48 Å². The Hall–Kier alpha value is 0.270. The Morgan fingerprint density at radius 1 is 0.944 bits per heavy atom. The van der Waals surface area contributed by atoms with Gasteiger partial charge in [0.05, 0.1) is 0 Å². The molecule has 0 radical (unpaired) electrons. The van der Waals surface area contributed by atoms with Gasteiger partial charge in [0.15, 0.2) is 0 Å². The first-order valence-electron chi connectivity index (χ1n) is 7.65. The lowest BCUT2D eigenvalue weighted by atomic mass is 9.71. The summed E-state index contributed by atoms with van der Waals surface area (Å²) >= 11 is 4.56. The second-order valence-corrected chi connectivity index (χ2v) is 7.61. The maximum atomic E-state index is 4.56. The quantitative estimate of drug-likeness (QED) is 0.787. The first kappa shape index (κ1) is 14.7. The summed E-state index contributed by atoms with van der Waals surface area (Å²) < 4.78 is 0. The van der Waals surface area contributed by atoms with Gasteiger partial charge in [0, 0.05) is 11.9 Å². The van der Waals surface area contributed by atoms with E-state index in [-0.39, 0.29) is 0 Å². The molecule has 0 amide bonds. The van der Waals surface area contributed by atoms with Crippen molar-refractivity contribution in [2.24, 2.45) is 11.3 Å². The van der Waals surface area contributed by atoms with Crippen LogP contribution >= 0.6 is 12.6 Å². The average molecular weight is 270 g/mol. The van der Waals surface area contributed by atoms with E-state index in [1.54, 1.807) is 0 Å². The van der Waals surface area contributed by atoms with Crippen LogP contribution in [0.4, 0.5) is 0 Å². The maximum absolute atomic E-state index is 4.56. The maximum Gasteiger partial charge on any atom is 0.0499 e. The Kier molecular flexibility index (Phi) is 5.01. The van der Waals surface area contributed by atoms with Gasteiger partial charge in [0.1, 0.15) is 0 Å². The van der Waals surface area contributed by atoms with Gasteiger partial charge in [-0.2, -0.15) is 12.6 Å². The minimum absolute atomic E-state index is 0.434. The number of hydrogen-bond donors (Lipinski definition) is 1. The zero-order chi connectivity index (χ0) is 13.2. The lowest BCUT2D eigenvalue weighted by Crippen LogP contribution is -2.48. The zero-order valence-electron chi connectivity index (χ0n) is 12.4. The van der Waals surface area contributed by atoms with Gasteiger partial charge in [0.2, 0.25) is 0 Å². The van der Waals surface area contributed by atoms with Crippen LogP contribution in [0.25, 0.3) is 0 Å². The Bertz CT molecular complexity index is 247. The highest BCUT2D eigenvalue weighted by molar-refractivity contribution is 7.80. The largest absolute Gasteiger partial charge is 0.303 e. The summed E-state index contributed by atoms with van der Waals surface area (Å²) in [6.45, 7) is 13.3. The molecule has 18 heavy (non-hydrogen) atoms. The molecule has 2 aliphatic rings. The van der Waals surface area contributed by atoms with Crippen LogP contribution in [0.1, 0.15) is 46.5 Å². The standard InChI is InChI=1S/C15H30N2S/c1-13(2)12-16-8-4-15(5-9-16)6-10-17(11-7-15)14(3)18/h13-14,18H,4-12H2,1-3H3. The molecule has 106 valence electrons. The van der Waals surface area contributed by atoms with Crippen LogP contribution in [0.15, 0.2) is 0 Å². The zero-order valence-corrected chi connectivity index (χ0v) is 13.3. The van der Waals surface area contributed by atoms with Crippen molar-refractivity contribution in [1.82, 2.24) is 9.80 Å². The molecular weight excluding hydrogens is 240 g/mol. The van der Waals surface area contributed by atoms with Crippen LogP contribution < -0.4 is 0 Å². The fraction of sp³-hybridized carbons (Fsp3) is 1.00. The third-order valence-corrected chi connectivity index (χ3v) is 5.25. The first-order chi connectivity index (χ1) is 8.51. The number of nitrogens with zero attached hydrogens (tertiary/aromatic N) is 2. The van der Waals surface area contributed by atoms with E-state index >= 15 is 0 Å². The summed E-state index contributed by atoms with van der Waals surface area (Å²) in [5, 5.41) is 0.434. The smallest absolute Gasteiger partial charge is 0.0499 e. The second-order valence-electron chi connectivity index (χ2n) is 6.86. The van der Waals surface area contributed by atoms with E-state index in [9.17, 15) is 0 Å². The van der Waals surface area contributed by atoms with Gasteiger partial charge in [-0.1, -0.05) is 13.8 Å². The minimum atomic E-state index is 0.434. The van der Waals surface area contributed by atoms with Crippen LogP contribution in [0, 0.1) is 11.3 Å². The van der Waals surface area contributed by atoms with Crippen molar-refractivity contribution in [3.63, 3.8) is 0 Å².